The summed E-state index contributed by atoms with van der Waals surface area (Å²) in [6.07, 6.45) is 1.07. The third-order valence-corrected chi connectivity index (χ3v) is 2.23. The minimum atomic E-state index is 0.460. The molecule has 0 aromatic rings. The highest BCUT2D eigenvalue weighted by Gasteiger charge is 2.11. The van der Waals surface area contributed by atoms with Crippen LogP contribution in [0.5, 0.6) is 0 Å². The summed E-state index contributed by atoms with van der Waals surface area (Å²) in [7, 11) is 1.75. The molecule has 0 bridgehead atoms. The van der Waals surface area contributed by atoms with Crippen molar-refractivity contribution in [1.82, 2.24) is 5.32 Å². The Hall–Kier alpha value is -0.120. The molecule has 1 atom stereocenters. The van der Waals surface area contributed by atoms with Crippen LogP contribution < -0.4 is 5.32 Å². The molecule has 0 aliphatic rings. The molecule has 0 heterocycles. The molecule has 0 aromatic carbocycles. The fourth-order valence-electron chi connectivity index (χ4n) is 1.27. The van der Waals surface area contributed by atoms with Gasteiger partial charge in [-0.15, -0.1) is 0 Å². The van der Waals surface area contributed by atoms with E-state index in [9.17, 15) is 0 Å². The van der Waals surface area contributed by atoms with Crippen LogP contribution in [-0.2, 0) is 9.47 Å². The molecule has 3 heteroatoms. The monoisotopic (exact) mass is 203 g/mol. The predicted octanol–water partition coefficient (Wildman–Crippen LogP) is 1.67. The van der Waals surface area contributed by atoms with Crippen LogP contribution in [0.3, 0.4) is 0 Å². The van der Waals surface area contributed by atoms with Crippen molar-refractivity contribution in [1.29, 1.82) is 0 Å². The minimum Gasteiger partial charge on any atom is -0.383 e. The van der Waals surface area contributed by atoms with Gasteiger partial charge in [0.1, 0.15) is 0 Å². The number of rotatable bonds is 9. The van der Waals surface area contributed by atoms with Crippen molar-refractivity contribution in [2.45, 2.75) is 33.2 Å². The van der Waals surface area contributed by atoms with Crippen molar-refractivity contribution < 1.29 is 9.47 Å². The van der Waals surface area contributed by atoms with Crippen LogP contribution in [0.2, 0.25) is 0 Å². The second kappa shape index (κ2) is 9.44. The molecular formula is C11H25NO2. The van der Waals surface area contributed by atoms with Crippen LogP contribution in [-0.4, -0.2) is 39.5 Å². The number of ether oxygens (including phenoxy) is 2. The molecule has 0 aliphatic heterocycles. The van der Waals surface area contributed by atoms with Gasteiger partial charge in [-0.25, -0.2) is 0 Å². The zero-order valence-corrected chi connectivity index (χ0v) is 10.0. The van der Waals surface area contributed by atoms with E-state index in [1.54, 1.807) is 7.11 Å². The number of hydrogen-bond donors (Lipinski definition) is 1. The summed E-state index contributed by atoms with van der Waals surface area (Å²) in [5.74, 6) is 0.613. The molecule has 0 radical (unpaired) electrons. The fourth-order valence-corrected chi connectivity index (χ4v) is 1.27. The molecular weight excluding hydrogens is 178 g/mol. The molecule has 0 saturated heterocycles. The van der Waals surface area contributed by atoms with Gasteiger partial charge in [-0.1, -0.05) is 13.8 Å². The Morgan fingerprint density at radius 2 is 2.00 bits per heavy atom. The van der Waals surface area contributed by atoms with Crippen LogP contribution in [0.15, 0.2) is 0 Å². The van der Waals surface area contributed by atoms with Gasteiger partial charge in [0.15, 0.2) is 0 Å². The lowest BCUT2D eigenvalue weighted by molar-refractivity contribution is 0.131. The molecule has 0 rings (SSSR count). The molecule has 0 fully saturated rings. The van der Waals surface area contributed by atoms with E-state index < -0.39 is 0 Å². The Balaban J connectivity index is 3.41. The van der Waals surface area contributed by atoms with Crippen molar-refractivity contribution >= 4 is 0 Å². The van der Waals surface area contributed by atoms with Gasteiger partial charge < -0.3 is 14.8 Å². The van der Waals surface area contributed by atoms with Crippen molar-refractivity contribution in [3.63, 3.8) is 0 Å². The van der Waals surface area contributed by atoms with E-state index in [1.165, 1.54) is 0 Å². The van der Waals surface area contributed by atoms with Gasteiger partial charge in [0.2, 0.25) is 0 Å². The van der Waals surface area contributed by atoms with Gasteiger partial charge in [0, 0.05) is 26.4 Å². The summed E-state index contributed by atoms with van der Waals surface area (Å²) >= 11 is 0. The molecule has 1 unspecified atom stereocenters. The Bertz CT molecular complexity index is 118. The molecule has 0 saturated carbocycles. The maximum atomic E-state index is 5.26. The summed E-state index contributed by atoms with van der Waals surface area (Å²) in [4.78, 5) is 0. The van der Waals surface area contributed by atoms with Crippen LogP contribution in [0.4, 0.5) is 0 Å². The van der Waals surface area contributed by atoms with Gasteiger partial charge in [-0.2, -0.15) is 0 Å². The normalized spacial score (nSPS) is 13.5. The maximum Gasteiger partial charge on any atom is 0.0618 e. The summed E-state index contributed by atoms with van der Waals surface area (Å²) < 4.78 is 10.4. The third-order valence-electron chi connectivity index (χ3n) is 2.23. The molecule has 14 heavy (non-hydrogen) atoms. The highest BCUT2D eigenvalue weighted by molar-refractivity contribution is 4.69. The van der Waals surface area contributed by atoms with E-state index >= 15 is 0 Å². The van der Waals surface area contributed by atoms with Gasteiger partial charge >= 0.3 is 0 Å². The molecule has 0 spiro atoms. The van der Waals surface area contributed by atoms with E-state index in [0.717, 1.165) is 32.8 Å². The van der Waals surface area contributed by atoms with Crippen LogP contribution in [0.25, 0.3) is 0 Å². The average molecular weight is 203 g/mol. The van der Waals surface area contributed by atoms with Crippen molar-refractivity contribution in [2.24, 2.45) is 5.92 Å². The zero-order chi connectivity index (χ0) is 10.8. The Morgan fingerprint density at radius 3 is 2.50 bits per heavy atom. The van der Waals surface area contributed by atoms with Crippen LogP contribution in [0, 0.1) is 5.92 Å². The lowest BCUT2D eigenvalue weighted by Crippen LogP contribution is -2.38. The molecule has 0 aromatic heterocycles. The SMILES string of the molecule is CCOCCCNC(COC)C(C)C. The number of nitrogens with one attached hydrogen (secondary N) is 1. The molecule has 86 valence electrons. The largest absolute Gasteiger partial charge is 0.383 e. The van der Waals surface area contributed by atoms with Gasteiger partial charge in [-0.3, -0.25) is 0 Å². The maximum absolute atomic E-state index is 5.26. The Labute approximate surface area is 88.2 Å². The minimum absolute atomic E-state index is 0.460. The molecule has 1 N–H and O–H groups in total. The first kappa shape index (κ1) is 13.9. The fraction of sp³-hybridized carbons (Fsp3) is 1.00. The standard InChI is InChI=1S/C11H25NO2/c1-5-14-8-6-7-12-11(9-13-4)10(2)3/h10-12H,5-9H2,1-4H3. The first-order chi connectivity index (χ1) is 6.72. The molecule has 0 amide bonds. The Kier molecular flexibility index (Phi) is 9.35. The topological polar surface area (TPSA) is 30.5 Å². The smallest absolute Gasteiger partial charge is 0.0618 e. The number of methoxy groups -OCH3 is 1. The third kappa shape index (κ3) is 7.30. The Morgan fingerprint density at radius 1 is 1.29 bits per heavy atom. The second-order valence-corrected chi connectivity index (χ2v) is 3.81. The lowest BCUT2D eigenvalue weighted by atomic mass is 10.1. The summed E-state index contributed by atoms with van der Waals surface area (Å²) in [5, 5.41) is 3.47. The lowest BCUT2D eigenvalue weighted by Gasteiger charge is -2.21. The summed E-state index contributed by atoms with van der Waals surface area (Å²) in [5.41, 5.74) is 0. The van der Waals surface area contributed by atoms with Crippen LogP contribution >= 0.6 is 0 Å². The van der Waals surface area contributed by atoms with Crippen molar-refractivity contribution in [2.75, 3.05) is 33.5 Å². The zero-order valence-electron chi connectivity index (χ0n) is 10.0. The van der Waals surface area contributed by atoms with E-state index in [0.29, 0.717) is 12.0 Å². The quantitative estimate of drug-likeness (QED) is 0.578. The van der Waals surface area contributed by atoms with Gasteiger partial charge in [0.25, 0.3) is 0 Å². The van der Waals surface area contributed by atoms with Gasteiger partial charge in [0.05, 0.1) is 6.61 Å². The van der Waals surface area contributed by atoms with E-state index in [-0.39, 0.29) is 0 Å². The van der Waals surface area contributed by atoms with Crippen molar-refractivity contribution in [3.05, 3.63) is 0 Å². The van der Waals surface area contributed by atoms with Crippen LogP contribution in [0.1, 0.15) is 27.2 Å². The number of hydrogen-bond acceptors (Lipinski definition) is 3. The summed E-state index contributed by atoms with van der Waals surface area (Å²) in [6, 6.07) is 0.460. The first-order valence-electron chi connectivity index (χ1n) is 5.52. The molecule has 3 nitrogen and oxygen atoms in total. The van der Waals surface area contributed by atoms with E-state index in [4.69, 9.17) is 9.47 Å². The second-order valence-electron chi connectivity index (χ2n) is 3.81. The average Bonchev–Trinajstić information content (AvgIpc) is 2.15. The van der Waals surface area contributed by atoms with E-state index in [2.05, 4.69) is 19.2 Å². The predicted molar refractivity (Wildman–Crippen MR) is 59.6 cm³/mol. The highest BCUT2D eigenvalue weighted by atomic mass is 16.5. The molecule has 0 aliphatic carbocycles. The van der Waals surface area contributed by atoms with E-state index in [1.807, 2.05) is 6.92 Å². The summed E-state index contributed by atoms with van der Waals surface area (Å²) in [6.45, 7) is 9.89. The first-order valence-corrected chi connectivity index (χ1v) is 5.52. The van der Waals surface area contributed by atoms with Gasteiger partial charge in [-0.05, 0) is 25.8 Å². The highest BCUT2D eigenvalue weighted by Crippen LogP contribution is 2.01. The van der Waals surface area contributed by atoms with Crippen molar-refractivity contribution in [3.8, 4) is 0 Å².